The second-order valence-electron chi connectivity index (χ2n) is 7.22. The van der Waals surface area contributed by atoms with Crippen LogP contribution in [0.2, 0.25) is 5.02 Å². The van der Waals surface area contributed by atoms with Crippen LogP contribution in [0.15, 0.2) is 66.9 Å². The Morgan fingerprint density at radius 2 is 1.59 bits per heavy atom. The summed E-state index contributed by atoms with van der Waals surface area (Å²) in [6, 6.07) is 20.2. The number of benzene rings is 2. The van der Waals surface area contributed by atoms with Gasteiger partial charge in [-0.3, -0.25) is 0 Å². The molecule has 168 valence electrons. The fourth-order valence-electron chi connectivity index (χ4n) is 3.36. The SMILES string of the molecule is Cc1c(C)n(Cc2ccccc2)c2c(OCc3ccc(Cl)cc3)nccc12.O=P(O)(O)O. The minimum absolute atomic E-state index is 0.456. The van der Waals surface area contributed by atoms with Crippen molar-refractivity contribution in [2.45, 2.75) is 27.0 Å². The summed E-state index contributed by atoms with van der Waals surface area (Å²) in [4.78, 5) is 26.1. The van der Waals surface area contributed by atoms with E-state index in [0.29, 0.717) is 12.5 Å². The molecule has 0 unspecified atom stereocenters. The molecule has 2 heterocycles. The molecule has 0 amide bonds. The lowest BCUT2D eigenvalue weighted by Gasteiger charge is -2.12. The highest BCUT2D eigenvalue weighted by Crippen LogP contribution is 2.32. The minimum atomic E-state index is -4.64. The molecule has 0 atom stereocenters. The zero-order chi connectivity index (χ0) is 23.3. The Hall–Kier alpha value is -2.67. The third kappa shape index (κ3) is 6.42. The number of aryl methyl sites for hydroxylation is 1. The molecule has 4 aromatic rings. The summed E-state index contributed by atoms with van der Waals surface area (Å²) >= 11 is 5.97. The number of aromatic nitrogens is 2. The third-order valence-electron chi connectivity index (χ3n) is 4.98. The van der Waals surface area contributed by atoms with Gasteiger partial charge in [-0.1, -0.05) is 54.1 Å². The Kier molecular flexibility index (Phi) is 7.72. The number of ether oxygens (including phenoxy) is 1. The van der Waals surface area contributed by atoms with Crippen LogP contribution in [-0.2, 0) is 17.7 Å². The van der Waals surface area contributed by atoms with Crippen LogP contribution in [0.3, 0.4) is 0 Å². The number of hydrogen-bond donors (Lipinski definition) is 3. The predicted octanol–water partition coefficient (Wildman–Crippen LogP) is 5.01. The quantitative estimate of drug-likeness (QED) is 0.351. The van der Waals surface area contributed by atoms with Gasteiger partial charge in [-0.15, -0.1) is 0 Å². The van der Waals surface area contributed by atoms with Gasteiger partial charge in [0.2, 0.25) is 5.88 Å². The lowest BCUT2D eigenvalue weighted by Crippen LogP contribution is -2.05. The van der Waals surface area contributed by atoms with E-state index in [4.69, 9.17) is 35.6 Å². The lowest BCUT2D eigenvalue weighted by molar-refractivity contribution is 0.275. The Labute approximate surface area is 191 Å². The van der Waals surface area contributed by atoms with Crippen LogP contribution in [0.4, 0.5) is 0 Å². The molecule has 0 saturated carbocycles. The molecule has 7 nitrogen and oxygen atoms in total. The molecule has 4 rings (SSSR count). The van der Waals surface area contributed by atoms with Gasteiger partial charge in [0.15, 0.2) is 0 Å². The van der Waals surface area contributed by atoms with Crippen molar-refractivity contribution in [3.05, 3.63) is 94.3 Å². The van der Waals surface area contributed by atoms with E-state index in [1.807, 2.05) is 36.5 Å². The topological polar surface area (TPSA) is 105 Å². The number of nitrogens with zero attached hydrogens (tertiary/aromatic N) is 2. The molecule has 0 aliphatic carbocycles. The number of rotatable bonds is 5. The number of pyridine rings is 1. The van der Waals surface area contributed by atoms with Crippen LogP contribution < -0.4 is 4.74 Å². The summed E-state index contributed by atoms with van der Waals surface area (Å²) in [7, 11) is -4.64. The maximum atomic E-state index is 8.88. The molecule has 0 saturated heterocycles. The first-order chi connectivity index (χ1) is 15.1. The first-order valence-electron chi connectivity index (χ1n) is 9.77. The van der Waals surface area contributed by atoms with Gasteiger partial charge in [0, 0.05) is 28.8 Å². The average Bonchev–Trinajstić information content (AvgIpc) is 2.98. The van der Waals surface area contributed by atoms with Crippen LogP contribution in [-0.4, -0.2) is 24.2 Å². The van der Waals surface area contributed by atoms with Crippen molar-refractivity contribution in [3.63, 3.8) is 0 Å². The molecule has 2 aromatic carbocycles. The van der Waals surface area contributed by atoms with Crippen LogP contribution in [0.5, 0.6) is 5.88 Å². The van der Waals surface area contributed by atoms with Gasteiger partial charge in [-0.25, -0.2) is 9.55 Å². The van der Waals surface area contributed by atoms with Crippen molar-refractivity contribution < 1.29 is 24.0 Å². The van der Waals surface area contributed by atoms with E-state index in [2.05, 4.69) is 53.7 Å². The number of halogens is 1. The average molecular weight is 475 g/mol. The van der Waals surface area contributed by atoms with E-state index in [1.54, 1.807) is 0 Å². The fourth-order valence-corrected chi connectivity index (χ4v) is 3.49. The smallest absolute Gasteiger partial charge is 0.466 e. The summed E-state index contributed by atoms with van der Waals surface area (Å²) in [6.45, 7) is 5.56. The van der Waals surface area contributed by atoms with Crippen molar-refractivity contribution in [3.8, 4) is 5.88 Å². The van der Waals surface area contributed by atoms with Gasteiger partial charge in [-0.05, 0) is 48.7 Å². The van der Waals surface area contributed by atoms with E-state index in [0.717, 1.165) is 22.6 Å². The van der Waals surface area contributed by atoms with Crippen LogP contribution in [0, 0.1) is 13.8 Å². The zero-order valence-electron chi connectivity index (χ0n) is 17.6. The van der Waals surface area contributed by atoms with Gasteiger partial charge in [-0.2, -0.15) is 0 Å². The second-order valence-corrected chi connectivity index (χ2v) is 8.69. The van der Waals surface area contributed by atoms with Crippen molar-refractivity contribution in [1.29, 1.82) is 0 Å². The summed E-state index contributed by atoms with van der Waals surface area (Å²) < 4.78 is 17.3. The lowest BCUT2D eigenvalue weighted by atomic mass is 10.2. The molecule has 0 aliphatic heterocycles. The molecular formula is C23H24ClN2O5P. The maximum Gasteiger partial charge on any atom is 0.466 e. The molecule has 3 N–H and O–H groups in total. The highest BCUT2D eigenvalue weighted by molar-refractivity contribution is 7.45. The van der Waals surface area contributed by atoms with Crippen LogP contribution in [0.25, 0.3) is 10.9 Å². The Morgan fingerprint density at radius 1 is 0.969 bits per heavy atom. The van der Waals surface area contributed by atoms with Crippen molar-refractivity contribution in [1.82, 2.24) is 9.55 Å². The van der Waals surface area contributed by atoms with E-state index in [9.17, 15) is 0 Å². The largest absolute Gasteiger partial charge is 0.471 e. The van der Waals surface area contributed by atoms with Crippen molar-refractivity contribution in [2.75, 3.05) is 0 Å². The monoisotopic (exact) mass is 474 g/mol. The summed E-state index contributed by atoms with van der Waals surface area (Å²) in [5, 5.41) is 1.91. The summed E-state index contributed by atoms with van der Waals surface area (Å²) in [5.74, 6) is 0.662. The van der Waals surface area contributed by atoms with Gasteiger partial charge < -0.3 is 24.0 Å². The van der Waals surface area contributed by atoms with E-state index < -0.39 is 7.82 Å². The first-order valence-corrected chi connectivity index (χ1v) is 11.7. The van der Waals surface area contributed by atoms with Gasteiger partial charge in [0.1, 0.15) is 12.1 Å². The minimum Gasteiger partial charge on any atom is -0.471 e. The molecule has 2 aromatic heterocycles. The first kappa shape index (κ1) is 24.0. The van der Waals surface area contributed by atoms with Crippen LogP contribution >= 0.6 is 19.4 Å². The van der Waals surface area contributed by atoms with E-state index in [1.165, 1.54) is 22.2 Å². The molecular weight excluding hydrogens is 451 g/mol. The highest BCUT2D eigenvalue weighted by Gasteiger charge is 2.16. The second kappa shape index (κ2) is 10.3. The van der Waals surface area contributed by atoms with Gasteiger partial charge >= 0.3 is 7.82 Å². The van der Waals surface area contributed by atoms with Gasteiger partial charge in [0.25, 0.3) is 0 Å². The van der Waals surface area contributed by atoms with Crippen molar-refractivity contribution in [2.24, 2.45) is 0 Å². The predicted molar refractivity (Wildman–Crippen MR) is 125 cm³/mol. The molecule has 0 bridgehead atoms. The van der Waals surface area contributed by atoms with Crippen molar-refractivity contribution >= 4 is 30.3 Å². The number of fused-ring (bicyclic) bond motifs is 1. The fraction of sp³-hybridized carbons (Fsp3) is 0.174. The normalized spacial score (nSPS) is 11.2. The molecule has 0 aliphatic rings. The third-order valence-corrected chi connectivity index (χ3v) is 5.24. The molecule has 32 heavy (non-hydrogen) atoms. The Morgan fingerprint density at radius 3 is 2.22 bits per heavy atom. The molecule has 0 fully saturated rings. The number of phosphoric acid groups is 1. The Balaban J connectivity index is 0.000000523. The number of hydrogen-bond acceptors (Lipinski definition) is 3. The van der Waals surface area contributed by atoms with Gasteiger partial charge in [0.05, 0.1) is 0 Å². The summed E-state index contributed by atoms with van der Waals surface area (Å²) in [5.41, 5.74) is 5.86. The summed E-state index contributed by atoms with van der Waals surface area (Å²) in [6.07, 6.45) is 1.82. The van der Waals surface area contributed by atoms with E-state index >= 15 is 0 Å². The molecule has 0 radical (unpaired) electrons. The van der Waals surface area contributed by atoms with E-state index in [-0.39, 0.29) is 0 Å². The zero-order valence-corrected chi connectivity index (χ0v) is 19.3. The molecule has 9 heteroatoms. The highest BCUT2D eigenvalue weighted by atomic mass is 35.5. The standard InChI is InChI=1S/C23H21ClN2O.H3O4P/c1-16-17(2)26(14-18-6-4-3-5-7-18)22-21(16)12-13-25-23(22)27-15-19-8-10-20(24)11-9-19;1-5(2,3)4/h3-13H,14-15H2,1-2H3;(H3,1,2,3,4). The maximum absolute atomic E-state index is 8.88. The Bertz CT molecular complexity index is 1230. The molecule has 0 spiro atoms. The van der Waals surface area contributed by atoms with Crippen LogP contribution in [0.1, 0.15) is 22.4 Å².